The Labute approximate surface area is 139 Å². The van der Waals surface area contributed by atoms with Crippen molar-refractivity contribution < 1.29 is 9.53 Å². The molecule has 1 heterocycles. The fourth-order valence-corrected chi connectivity index (χ4v) is 3.74. The maximum Gasteiger partial charge on any atom is 0.242 e. The molecule has 2 fully saturated rings. The first-order valence-corrected chi connectivity index (χ1v) is 8.93. The minimum atomic E-state index is -0.592. The molecule has 4 heteroatoms. The average Bonchev–Trinajstić information content (AvgIpc) is 2.61. The van der Waals surface area contributed by atoms with Crippen LogP contribution in [0.25, 0.3) is 0 Å². The van der Waals surface area contributed by atoms with Crippen LogP contribution in [0.1, 0.15) is 44.9 Å². The summed E-state index contributed by atoms with van der Waals surface area (Å²) in [6.45, 7) is 2.38. The van der Waals surface area contributed by atoms with Crippen LogP contribution in [0.15, 0.2) is 30.3 Å². The molecule has 23 heavy (non-hydrogen) atoms. The van der Waals surface area contributed by atoms with Gasteiger partial charge in [0.05, 0.1) is 12.1 Å². The summed E-state index contributed by atoms with van der Waals surface area (Å²) in [6.07, 6.45) is 7.10. The molecule has 1 saturated heterocycles. The number of hydrogen-bond donors (Lipinski definition) is 1. The van der Waals surface area contributed by atoms with Crippen molar-refractivity contribution in [1.82, 2.24) is 4.90 Å². The lowest BCUT2D eigenvalue weighted by atomic mass is 9.81. The van der Waals surface area contributed by atoms with E-state index in [2.05, 4.69) is 0 Å². The van der Waals surface area contributed by atoms with E-state index in [-0.39, 0.29) is 5.91 Å². The van der Waals surface area contributed by atoms with Crippen molar-refractivity contribution in [2.24, 2.45) is 11.7 Å². The number of amides is 1. The van der Waals surface area contributed by atoms with Crippen LogP contribution in [-0.4, -0.2) is 36.0 Å². The minimum absolute atomic E-state index is 0.180. The first-order chi connectivity index (χ1) is 11.2. The normalized spacial score (nSPS) is 21.9. The Morgan fingerprint density at radius 3 is 2.43 bits per heavy atom. The van der Waals surface area contributed by atoms with Gasteiger partial charge in [-0.2, -0.15) is 0 Å². The van der Waals surface area contributed by atoms with E-state index in [0.29, 0.717) is 5.92 Å². The highest BCUT2D eigenvalue weighted by atomic mass is 16.5. The first-order valence-electron chi connectivity index (χ1n) is 8.93. The molecule has 1 aromatic carbocycles. The van der Waals surface area contributed by atoms with Gasteiger partial charge < -0.3 is 15.4 Å². The van der Waals surface area contributed by atoms with Crippen molar-refractivity contribution in [1.29, 1.82) is 0 Å². The Kier molecular flexibility index (Phi) is 5.21. The second kappa shape index (κ2) is 7.35. The van der Waals surface area contributed by atoms with E-state index < -0.39 is 5.54 Å². The zero-order valence-electron chi connectivity index (χ0n) is 13.9. The molecule has 1 aliphatic heterocycles. The third-order valence-electron chi connectivity index (χ3n) is 5.30. The SMILES string of the molecule is NC1(C(=O)N2CCC(COc3ccccc3)CC2)CCCCC1. The molecule has 126 valence electrons. The van der Waals surface area contributed by atoms with Gasteiger partial charge >= 0.3 is 0 Å². The zero-order valence-corrected chi connectivity index (χ0v) is 13.9. The predicted octanol–water partition coefficient (Wildman–Crippen LogP) is 2.97. The molecular formula is C19H28N2O2. The summed E-state index contributed by atoms with van der Waals surface area (Å²) < 4.78 is 5.85. The second-order valence-corrected chi connectivity index (χ2v) is 7.08. The average molecular weight is 316 g/mol. The Morgan fingerprint density at radius 2 is 1.78 bits per heavy atom. The lowest BCUT2D eigenvalue weighted by Gasteiger charge is -2.40. The van der Waals surface area contributed by atoms with Crippen LogP contribution in [-0.2, 0) is 4.79 Å². The largest absolute Gasteiger partial charge is 0.493 e. The number of carbonyl (C=O) groups excluding carboxylic acids is 1. The number of carbonyl (C=O) groups is 1. The zero-order chi connectivity index (χ0) is 16.1. The van der Waals surface area contributed by atoms with E-state index in [9.17, 15) is 4.79 Å². The second-order valence-electron chi connectivity index (χ2n) is 7.08. The number of piperidine rings is 1. The van der Waals surface area contributed by atoms with Crippen LogP contribution in [0.5, 0.6) is 5.75 Å². The molecule has 0 atom stereocenters. The van der Waals surface area contributed by atoms with E-state index in [4.69, 9.17) is 10.5 Å². The van der Waals surface area contributed by atoms with E-state index in [0.717, 1.165) is 64.0 Å². The molecule has 1 amide bonds. The highest BCUT2D eigenvalue weighted by molar-refractivity contribution is 5.86. The van der Waals surface area contributed by atoms with Crippen molar-refractivity contribution >= 4 is 5.91 Å². The number of rotatable bonds is 4. The van der Waals surface area contributed by atoms with E-state index in [1.54, 1.807) is 0 Å². The molecule has 2 N–H and O–H groups in total. The third kappa shape index (κ3) is 4.05. The van der Waals surface area contributed by atoms with Crippen molar-refractivity contribution in [3.63, 3.8) is 0 Å². The Bertz CT molecular complexity index is 503. The molecule has 0 spiro atoms. The van der Waals surface area contributed by atoms with Crippen molar-refractivity contribution in [2.45, 2.75) is 50.5 Å². The monoisotopic (exact) mass is 316 g/mol. The Balaban J connectivity index is 1.45. The number of nitrogens with two attached hydrogens (primary N) is 1. The van der Waals surface area contributed by atoms with Gasteiger partial charge in [-0.25, -0.2) is 0 Å². The number of nitrogens with zero attached hydrogens (tertiary/aromatic N) is 1. The smallest absolute Gasteiger partial charge is 0.242 e. The number of para-hydroxylation sites is 1. The highest BCUT2D eigenvalue weighted by Crippen LogP contribution is 2.29. The van der Waals surface area contributed by atoms with Gasteiger partial charge in [0.15, 0.2) is 0 Å². The maximum absolute atomic E-state index is 12.7. The van der Waals surface area contributed by atoms with Gasteiger partial charge in [0.2, 0.25) is 5.91 Å². The van der Waals surface area contributed by atoms with Crippen LogP contribution in [0.3, 0.4) is 0 Å². The first kappa shape index (κ1) is 16.3. The summed E-state index contributed by atoms with van der Waals surface area (Å²) in [5.74, 6) is 1.63. The summed E-state index contributed by atoms with van der Waals surface area (Å²) in [7, 11) is 0. The fourth-order valence-electron chi connectivity index (χ4n) is 3.74. The molecule has 4 nitrogen and oxygen atoms in total. The molecular weight excluding hydrogens is 288 g/mol. The topological polar surface area (TPSA) is 55.6 Å². The molecule has 1 saturated carbocycles. The fraction of sp³-hybridized carbons (Fsp3) is 0.632. The van der Waals surface area contributed by atoms with Gasteiger partial charge in [-0.3, -0.25) is 4.79 Å². The molecule has 1 aliphatic carbocycles. The van der Waals surface area contributed by atoms with Crippen molar-refractivity contribution in [3.05, 3.63) is 30.3 Å². The van der Waals surface area contributed by atoms with Gasteiger partial charge in [0, 0.05) is 13.1 Å². The molecule has 0 bridgehead atoms. The van der Waals surface area contributed by atoms with Crippen LogP contribution in [0.4, 0.5) is 0 Å². The maximum atomic E-state index is 12.7. The number of hydrogen-bond acceptors (Lipinski definition) is 3. The predicted molar refractivity (Wildman–Crippen MR) is 91.2 cm³/mol. The van der Waals surface area contributed by atoms with E-state index in [1.807, 2.05) is 35.2 Å². The lowest BCUT2D eigenvalue weighted by molar-refractivity contribution is -0.139. The summed E-state index contributed by atoms with van der Waals surface area (Å²) in [4.78, 5) is 14.7. The summed E-state index contributed by atoms with van der Waals surface area (Å²) >= 11 is 0. The summed E-state index contributed by atoms with van der Waals surface area (Å²) in [5, 5.41) is 0. The molecule has 3 rings (SSSR count). The van der Waals surface area contributed by atoms with Gasteiger partial charge in [-0.05, 0) is 43.7 Å². The molecule has 0 aromatic heterocycles. The van der Waals surface area contributed by atoms with Gasteiger partial charge in [-0.1, -0.05) is 37.5 Å². The third-order valence-corrected chi connectivity index (χ3v) is 5.30. The number of ether oxygens (including phenoxy) is 1. The summed E-state index contributed by atoms with van der Waals surface area (Å²) in [5.41, 5.74) is 5.80. The molecule has 0 unspecified atom stereocenters. The highest BCUT2D eigenvalue weighted by Gasteiger charge is 2.39. The van der Waals surface area contributed by atoms with Crippen LogP contribution in [0, 0.1) is 5.92 Å². The lowest BCUT2D eigenvalue weighted by Crippen LogP contribution is -2.57. The Hall–Kier alpha value is -1.55. The molecule has 1 aromatic rings. The van der Waals surface area contributed by atoms with Gasteiger partial charge in [-0.15, -0.1) is 0 Å². The molecule has 2 aliphatic rings. The van der Waals surface area contributed by atoms with Gasteiger partial charge in [0.25, 0.3) is 0 Å². The van der Waals surface area contributed by atoms with E-state index in [1.165, 1.54) is 6.42 Å². The summed E-state index contributed by atoms with van der Waals surface area (Å²) in [6, 6.07) is 9.94. The minimum Gasteiger partial charge on any atom is -0.493 e. The molecule has 0 radical (unpaired) electrons. The van der Waals surface area contributed by atoms with Gasteiger partial charge in [0.1, 0.15) is 5.75 Å². The Morgan fingerprint density at radius 1 is 1.13 bits per heavy atom. The van der Waals surface area contributed by atoms with Crippen LogP contribution in [0.2, 0.25) is 0 Å². The van der Waals surface area contributed by atoms with Crippen LogP contribution < -0.4 is 10.5 Å². The van der Waals surface area contributed by atoms with Crippen molar-refractivity contribution in [3.8, 4) is 5.75 Å². The quantitative estimate of drug-likeness (QED) is 0.929. The number of benzene rings is 1. The van der Waals surface area contributed by atoms with Crippen LogP contribution >= 0.6 is 0 Å². The standard InChI is InChI=1S/C19H28N2O2/c20-19(11-5-2-6-12-19)18(22)21-13-9-16(10-14-21)15-23-17-7-3-1-4-8-17/h1,3-4,7-8,16H,2,5-6,9-15,20H2. The number of likely N-dealkylation sites (tertiary alicyclic amines) is 1. The van der Waals surface area contributed by atoms with Crippen molar-refractivity contribution in [2.75, 3.05) is 19.7 Å². The van der Waals surface area contributed by atoms with E-state index >= 15 is 0 Å².